The molecule has 0 saturated carbocycles. The lowest BCUT2D eigenvalue weighted by molar-refractivity contribution is 0.0374. The molecule has 0 radical (unpaired) electrons. The molecule has 1 aromatic heterocycles. The summed E-state index contributed by atoms with van der Waals surface area (Å²) < 4.78 is 13.0. The number of imidazole rings is 1. The third-order valence-electron chi connectivity index (χ3n) is 4.30. The quantitative estimate of drug-likeness (QED) is 0.785. The van der Waals surface area contributed by atoms with Gasteiger partial charge in [-0.05, 0) is 31.0 Å². The van der Waals surface area contributed by atoms with Gasteiger partial charge in [-0.3, -0.25) is 4.90 Å². The fraction of sp³-hybridized carbons (Fsp3) is 0.500. The van der Waals surface area contributed by atoms with Crippen LogP contribution in [0.3, 0.4) is 0 Å². The van der Waals surface area contributed by atoms with Crippen molar-refractivity contribution in [2.45, 2.75) is 19.4 Å². The first-order valence-corrected chi connectivity index (χ1v) is 8.27. The van der Waals surface area contributed by atoms with Gasteiger partial charge in [0.15, 0.2) is 0 Å². The largest absolute Gasteiger partial charge is 0.496 e. The fourth-order valence-corrected chi connectivity index (χ4v) is 3.02. The van der Waals surface area contributed by atoms with Gasteiger partial charge in [0.1, 0.15) is 5.75 Å². The van der Waals surface area contributed by atoms with Gasteiger partial charge in [-0.1, -0.05) is 12.1 Å². The van der Waals surface area contributed by atoms with Crippen LogP contribution in [-0.2, 0) is 17.7 Å². The van der Waals surface area contributed by atoms with Gasteiger partial charge in [-0.15, -0.1) is 0 Å². The molecule has 0 bridgehead atoms. The van der Waals surface area contributed by atoms with Crippen molar-refractivity contribution in [1.29, 1.82) is 0 Å². The van der Waals surface area contributed by atoms with Crippen molar-refractivity contribution >= 4 is 0 Å². The van der Waals surface area contributed by atoms with E-state index in [9.17, 15) is 0 Å². The topological polar surface area (TPSA) is 39.5 Å². The molecule has 2 heterocycles. The zero-order chi connectivity index (χ0) is 15.9. The van der Waals surface area contributed by atoms with E-state index in [-0.39, 0.29) is 0 Å². The summed E-state index contributed by atoms with van der Waals surface area (Å²) in [7, 11) is 1.73. The van der Waals surface area contributed by atoms with Gasteiger partial charge in [0.25, 0.3) is 0 Å². The number of ether oxygens (including phenoxy) is 2. The standard InChI is InChI=1S/C18H25N3O2/c1-22-18-5-4-16(3-2-7-20-9-11-23-12-10-20)13-17(18)14-21-8-6-19-15-21/h4-6,8,13,15H,2-3,7,9-12,14H2,1H3. The molecule has 124 valence electrons. The maximum absolute atomic E-state index is 5.49. The highest BCUT2D eigenvalue weighted by Gasteiger charge is 2.10. The summed E-state index contributed by atoms with van der Waals surface area (Å²) in [5, 5.41) is 0. The number of rotatable bonds is 7. The summed E-state index contributed by atoms with van der Waals surface area (Å²) in [5.74, 6) is 0.940. The second-order valence-corrected chi connectivity index (χ2v) is 5.94. The molecule has 5 heteroatoms. The Hall–Kier alpha value is -1.85. The molecule has 2 aromatic rings. The zero-order valence-electron chi connectivity index (χ0n) is 13.8. The van der Waals surface area contributed by atoms with Crippen molar-refractivity contribution in [2.75, 3.05) is 40.0 Å². The van der Waals surface area contributed by atoms with E-state index in [0.717, 1.165) is 51.6 Å². The second-order valence-electron chi connectivity index (χ2n) is 5.94. The lowest BCUT2D eigenvalue weighted by atomic mass is 10.0. The third kappa shape index (κ3) is 4.56. The highest BCUT2D eigenvalue weighted by Crippen LogP contribution is 2.22. The first kappa shape index (κ1) is 16.0. The van der Waals surface area contributed by atoms with Crippen molar-refractivity contribution in [1.82, 2.24) is 14.5 Å². The van der Waals surface area contributed by atoms with Gasteiger partial charge in [-0.25, -0.2) is 4.98 Å². The Balaban J connectivity index is 1.58. The Bertz CT molecular complexity index is 592. The van der Waals surface area contributed by atoms with Gasteiger partial charge < -0.3 is 14.0 Å². The number of morpholine rings is 1. The van der Waals surface area contributed by atoms with E-state index in [1.54, 1.807) is 13.3 Å². The number of benzene rings is 1. The highest BCUT2D eigenvalue weighted by molar-refractivity contribution is 5.37. The van der Waals surface area contributed by atoms with E-state index in [1.165, 1.54) is 17.5 Å². The van der Waals surface area contributed by atoms with E-state index < -0.39 is 0 Å². The zero-order valence-corrected chi connectivity index (χ0v) is 13.8. The maximum atomic E-state index is 5.49. The average molecular weight is 315 g/mol. The van der Waals surface area contributed by atoms with Gasteiger partial charge in [0.2, 0.25) is 0 Å². The van der Waals surface area contributed by atoms with Crippen LogP contribution in [-0.4, -0.2) is 54.4 Å². The van der Waals surface area contributed by atoms with Gasteiger partial charge >= 0.3 is 0 Å². The number of methoxy groups -OCH3 is 1. The smallest absolute Gasteiger partial charge is 0.123 e. The number of aromatic nitrogens is 2. The van der Waals surface area contributed by atoms with Gasteiger partial charge in [-0.2, -0.15) is 0 Å². The van der Waals surface area contributed by atoms with E-state index >= 15 is 0 Å². The van der Waals surface area contributed by atoms with Crippen LogP contribution in [0.25, 0.3) is 0 Å². The highest BCUT2D eigenvalue weighted by atomic mass is 16.5. The summed E-state index contributed by atoms with van der Waals surface area (Å²) in [6, 6.07) is 6.52. The number of hydrogen-bond acceptors (Lipinski definition) is 4. The molecule has 0 unspecified atom stereocenters. The molecular formula is C18H25N3O2. The molecule has 5 nitrogen and oxygen atoms in total. The summed E-state index contributed by atoms with van der Waals surface area (Å²) in [5.41, 5.74) is 2.57. The minimum absolute atomic E-state index is 0.792. The van der Waals surface area contributed by atoms with Crippen molar-refractivity contribution in [3.8, 4) is 5.75 Å². The molecule has 0 aliphatic carbocycles. The Morgan fingerprint density at radius 3 is 2.87 bits per heavy atom. The molecule has 0 spiro atoms. The number of aryl methyl sites for hydroxylation is 1. The van der Waals surface area contributed by atoms with Crippen LogP contribution < -0.4 is 4.74 Å². The van der Waals surface area contributed by atoms with Crippen LogP contribution in [0.1, 0.15) is 17.5 Å². The van der Waals surface area contributed by atoms with Crippen molar-refractivity contribution < 1.29 is 9.47 Å². The molecule has 0 atom stereocenters. The lowest BCUT2D eigenvalue weighted by Crippen LogP contribution is -2.36. The molecule has 0 amide bonds. The van der Waals surface area contributed by atoms with Crippen molar-refractivity contribution in [3.05, 3.63) is 48.0 Å². The Labute approximate surface area is 137 Å². The third-order valence-corrected chi connectivity index (χ3v) is 4.30. The maximum Gasteiger partial charge on any atom is 0.123 e. The second kappa shape index (κ2) is 8.13. The Kier molecular flexibility index (Phi) is 5.66. The van der Waals surface area contributed by atoms with Crippen molar-refractivity contribution in [2.24, 2.45) is 0 Å². The predicted octanol–water partition coefficient (Wildman–Crippen LogP) is 2.20. The van der Waals surface area contributed by atoms with E-state index in [4.69, 9.17) is 9.47 Å². The van der Waals surface area contributed by atoms with Crippen LogP contribution >= 0.6 is 0 Å². The van der Waals surface area contributed by atoms with Crippen LogP contribution in [0, 0.1) is 0 Å². The predicted molar refractivity (Wildman–Crippen MR) is 89.9 cm³/mol. The van der Waals surface area contributed by atoms with E-state index in [1.807, 2.05) is 12.5 Å². The molecule has 1 aliphatic heterocycles. The SMILES string of the molecule is COc1ccc(CCCN2CCOCC2)cc1Cn1ccnc1. The molecule has 23 heavy (non-hydrogen) atoms. The normalized spacial score (nSPS) is 15.7. The van der Waals surface area contributed by atoms with E-state index in [2.05, 4.69) is 32.7 Å². The summed E-state index contributed by atoms with van der Waals surface area (Å²) in [6.45, 7) is 5.81. The first-order chi connectivity index (χ1) is 11.3. The Morgan fingerprint density at radius 2 is 2.13 bits per heavy atom. The average Bonchev–Trinajstić information content (AvgIpc) is 3.09. The van der Waals surface area contributed by atoms with Crippen LogP contribution in [0.5, 0.6) is 5.75 Å². The molecule has 0 N–H and O–H groups in total. The minimum atomic E-state index is 0.792. The minimum Gasteiger partial charge on any atom is -0.496 e. The van der Waals surface area contributed by atoms with Crippen LogP contribution in [0.15, 0.2) is 36.9 Å². The molecule has 3 rings (SSSR count). The molecular weight excluding hydrogens is 290 g/mol. The van der Waals surface area contributed by atoms with Crippen molar-refractivity contribution in [3.63, 3.8) is 0 Å². The number of nitrogens with zero attached hydrogens (tertiary/aromatic N) is 3. The fourth-order valence-electron chi connectivity index (χ4n) is 3.02. The molecule has 1 saturated heterocycles. The number of hydrogen-bond donors (Lipinski definition) is 0. The van der Waals surface area contributed by atoms with Gasteiger partial charge in [0.05, 0.1) is 33.2 Å². The summed E-state index contributed by atoms with van der Waals surface area (Å²) in [6.07, 6.45) is 7.89. The van der Waals surface area contributed by atoms with Crippen LogP contribution in [0.2, 0.25) is 0 Å². The van der Waals surface area contributed by atoms with Crippen LogP contribution in [0.4, 0.5) is 0 Å². The Morgan fingerprint density at radius 1 is 1.26 bits per heavy atom. The summed E-state index contributed by atoms with van der Waals surface area (Å²) >= 11 is 0. The molecule has 1 aliphatic rings. The lowest BCUT2D eigenvalue weighted by Gasteiger charge is -2.26. The summed E-state index contributed by atoms with van der Waals surface area (Å²) in [4.78, 5) is 6.59. The van der Waals surface area contributed by atoms with E-state index in [0.29, 0.717) is 0 Å². The first-order valence-electron chi connectivity index (χ1n) is 8.27. The monoisotopic (exact) mass is 315 g/mol. The molecule has 1 fully saturated rings. The van der Waals surface area contributed by atoms with Gasteiger partial charge in [0, 0.05) is 31.0 Å². The molecule has 1 aromatic carbocycles.